The van der Waals surface area contributed by atoms with Gasteiger partial charge < -0.3 is 15.7 Å². The number of aliphatic hydroxyl groups excluding tert-OH is 1. The van der Waals surface area contributed by atoms with E-state index in [1.807, 2.05) is 13.8 Å². The third-order valence-electron chi connectivity index (χ3n) is 3.18. The van der Waals surface area contributed by atoms with E-state index in [1.54, 1.807) is 13.0 Å². The van der Waals surface area contributed by atoms with E-state index in [4.69, 9.17) is 0 Å². The predicted octanol–water partition coefficient (Wildman–Crippen LogP) is 2.38. The summed E-state index contributed by atoms with van der Waals surface area (Å²) in [4.78, 5) is 14.8. The Labute approximate surface area is 118 Å². The second-order valence-corrected chi connectivity index (χ2v) is 4.95. The van der Waals surface area contributed by atoms with Crippen molar-refractivity contribution in [2.75, 3.05) is 23.8 Å². The Morgan fingerprint density at radius 2 is 2.15 bits per heavy atom. The molecule has 3 N–H and O–H groups in total. The highest BCUT2D eigenvalue weighted by molar-refractivity contribution is 5.61. The molecule has 1 rings (SSSR count). The Kier molecular flexibility index (Phi) is 5.69. The minimum Gasteiger partial charge on any atom is -0.394 e. The van der Waals surface area contributed by atoms with Gasteiger partial charge in [-0.3, -0.25) is 10.1 Å². The van der Waals surface area contributed by atoms with Crippen LogP contribution in [0.1, 0.15) is 33.6 Å². The average Bonchev–Trinajstić information content (AvgIpc) is 2.44. The first-order valence-corrected chi connectivity index (χ1v) is 6.74. The molecule has 0 spiro atoms. The summed E-state index contributed by atoms with van der Waals surface area (Å²) in [5, 5.41) is 26.5. The molecule has 20 heavy (non-hydrogen) atoms. The van der Waals surface area contributed by atoms with Crippen LogP contribution in [0.15, 0.2) is 12.1 Å². The number of rotatable bonds is 8. The van der Waals surface area contributed by atoms with Gasteiger partial charge in [-0.1, -0.05) is 13.8 Å². The maximum Gasteiger partial charge on any atom is 0.311 e. The molecule has 0 bridgehead atoms. The van der Waals surface area contributed by atoms with Gasteiger partial charge in [0.05, 0.1) is 17.1 Å². The van der Waals surface area contributed by atoms with Gasteiger partial charge in [-0.05, 0) is 25.8 Å². The first kappa shape index (κ1) is 16.2. The molecule has 0 saturated carbocycles. The highest BCUT2D eigenvalue weighted by Crippen LogP contribution is 2.27. The SMILES string of the molecule is CCCNc1ccc([N+](=O)[O-])c(NC(C)(CC)CO)n1. The lowest BCUT2D eigenvalue weighted by Crippen LogP contribution is -2.38. The van der Waals surface area contributed by atoms with Crippen molar-refractivity contribution in [1.29, 1.82) is 0 Å². The van der Waals surface area contributed by atoms with Crippen LogP contribution in [0.4, 0.5) is 17.3 Å². The number of aromatic nitrogens is 1. The van der Waals surface area contributed by atoms with Gasteiger partial charge in [-0.15, -0.1) is 0 Å². The molecule has 1 atom stereocenters. The van der Waals surface area contributed by atoms with E-state index in [0.717, 1.165) is 13.0 Å². The van der Waals surface area contributed by atoms with E-state index in [0.29, 0.717) is 12.2 Å². The largest absolute Gasteiger partial charge is 0.394 e. The van der Waals surface area contributed by atoms with Gasteiger partial charge in [-0.2, -0.15) is 0 Å². The first-order chi connectivity index (χ1) is 9.45. The van der Waals surface area contributed by atoms with Crippen LogP contribution < -0.4 is 10.6 Å². The monoisotopic (exact) mass is 282 g/mol. The Balaban J connectivity index is 3.08. The van der Waals surface area contributed by atoms with Crippen LogP contribution in [-0.4, -0.2) is 33.7 Å². The van der Waals surface area contributed by atoms with Crippen LogP contribution in [-0.2, 0) is 0 Å². The van der Waals surface area contributed by atoms with Crippen molar-refractivity contribution in [3.8, 4) is 0 Å². The smallest absolute Gasteiger partial charge is 0.311 e. The van der Waals surface area contributed by atoms with Crippen molar-refractivity contribution in [2.24, 2.45) is 0 Å². The molecule has 1 heterocycles. The molecule has 0 aliphatic rings. The molecule has 7 nitrogen and oxygen atoms in total. The Morgan fingerprint density at radius 1 is 1.45 bits per heavy atom. The van der Waals surface area contributed by atoms with Crippen LogP contribution >= 0.6 is 0 Å². The number of nitrogens with zero attached hydrogens (tertiary/aromatic N) is 2. The highest BCUT2D eigenvalue weighted by Gasteiger charge is 2.26. The maximum absolute atomic E-state index is 11.1. The summed E-state index contributed by atoms with van der Waals surface area (Å²) in [7, 11) is 0. The fourth-order valence-electron chi connectivity index (χ4n) is 1.57. The van der Waals surface area contributed by atoms with E-state index < -0.39 is 10.5 Å². The number of pyridine rings is 1. The maximum atomic E-state index is 11.1. The fraction of sp³-hybridized carbons (Fsp3) is 0.615. The second kappa shape index (κ2) is 7.04. The van der Waals surface area contributed by atoms with Gasteiger partial charge in [0.15, 0.2) is 0 Å². The van der Waals surface area contributed by atoms with Gasteiger partial charge in [0.25, 0.3) is 0 Å². The molecule has 0 aliphatic heterocycles. The van der Waals surface area contributed by atoms with Crippen LogP contribution in [0.3, 0.4) is 0 Å². The quantitative estimate of drug-likeness (QED) is 0.500. The zero-order valence-electron chi connectivity index (χ0n) is 12.1. The number of aliphatic hydroxyl groups is 1. The van der Waals surface area contributed by atoms with Crippen molar-refractivity contribution in [1.82, 2.24) is 4.98 Å². The lowest BCUT2D eigenvalue weighted by molar-refractivity contribution is -0.384. The molecule has 112 valence electrons. The summed E-state index contributed by atoms with van der Waals surface area (Å²) >= 11 is 0. The van der Waals surface area contributed by atoms with E-state index in [1.165, 1.54) is 6.07 Å². The molecule has 7 heteroatoms. The third-order valence-corrected chi connectivity index (χ3v) is 3.18. The number of nitro groups is 1. The van der Waals surface area contributed by atoms with Crippen molar-refractivity contribution in [2.45, 2.75) is 39.2 Å². The minimum absolute atomic E-state index is 0.0971. The van der Waals surface area contributed by atoms with Gasteiger partial charge in [-0.25, -0.2) is 4.98 Å². The minimum atomic E-state index is -0.638. The fourth-order valence-corrected chi connectivity index (χ4v) is 1.57. The number of hydrogen-bond donors (Lipinski definition) is 3. The zero-order valence-corrected chi connectivity index (χ0v) is 12.1. The molecule has 1 unspecified atom stereocenters. The van der Waals surface area contributed by atoms with Crippen LogP contribution in [0.5, 0.6) is 0 Å². The summed E-state index contributed by atoms with van der Waals surface area (Å²) in [5.74, 6) is 0.755. The zero-order chi connectivity index (χ0) is 15.2. The molecule has 0 fully saturated rings. The summed E-state index contributed by atoms with van der Waals surface area (Å²) in [6, 6.07) is 3.00. The molecule has 0 saturated heterocycles. The van der Waals surface area contributed by atoms with Crippen molar-refractivity contribution in [3.63, 3.8) is 0 Å². The molecular formula is C13H22N4O3. The van der Waals surface area contributed by atoms with Crippen molar-refractivity contribution < 1.29 is 10.0 Å². The van der Waals surface area contributed by atoms with Crippen molar-refractivity contribution in [3.05, 3.63) is 22.2 Å². The van der Waals surface area contributed by atoms with Crippen LogP contribution in [0.2, 0.25) is 0 Å². The Hall–Kier alpha value is -1.89. The molecule has 0 aromatic carbocycles. The molecule has 1 aromatic heterocycles. The van der Waals surface area contributed by atoms with Gasteiger partial charge in [0.1, 0.15) is 5.82 Å². The summed E-state index contributed by atoms with van der Waals surface area (Å²) in [6.45, 7) is 6.33. The van der Waals surface area contributed by atoms with E-state index in [2.05, 4.69) is 15.6 Å². The van der Waals surface area contributed by atoms with E-state index in [9.17, 15) is 15.2 Å². The average molecular weight is 282 g/mol. The highest BCUT2D eigenvalue weighted by atomic mass is 16.6. The standard InChI is InChI=1S/C13H22N4O3/c1-4-8-14-11-7-6-10(17(19)20)12(15-11)16-13(3,5-2)9-18/h6-7,18H,4-5,8-9H2,1-3H3,(H2,14,15,16). The number of nitrogens with one attached hydrogen (secondary N) is 2. The Bertz CT molecular complexity index is 461. The predicted molar refractivity (Wildman–Crippen MR) is 79.1 cm³/mol. The van der Waals surface area contributed by atoms with Gasteiger partial charge in [0, 0.05) is 12.6 Å². The van der Waals surface area contributed by atoms with Crippen molar-refractivity contribution >= 4 is 17.3 Å². The van der Waals surface area contributed by atoms with Gasteiger partial charge in [0.2, 0.25) is 5.82 Å². The molecular weight excluding hydrogens is 260 g/mol. The van der Waals surface area contributed by atoms with Gasteiger partial charge >= 0.3 is 5.69 Å². The van der Waals surface area contributed by atoms with E-state index in [-0.39, 0.29) is 18.1 Å². The number of hydrogen-bond acceptors (Lipinski definition) is 6. The summed E-state index contributed by atoms with van der Waals surface area (Å²) in [5.41, 5.74) is -0.735. The molecule has 0 amide bonds. The van der Waals surface area contributed by atoms with Crippen LogP contribution in [0, 0.1) is 10.1 Å². The van der Waals surface area contributed by atoms with Crippen LogP contribution in [0.25, 0.3) is 0 Å². The topological polar surface area (TPSA) is 100 Å². The molecule has 0 aliphatic carbocycles. The lowest BCUT2D eigenvalue weighted by atomic mass is 10.0. The van der Waals surface area contributed by atoms with E-state index >= 15 is 0 Å². The summed E-state index contributed by atoms with van der Waals surface area (Å²) in [6.07, 6.45) is 1.56. The lowest BCUT2D eigenvalue weighted by Gasteiger charge is -2.27. The normalized spacial score (nSPS) is 13.6. The second-order valence-electron chi connectivity index (χ2n) is 4.95. The summed E-state index contributed by atoms with van der Waals surface area (Å²) < 4.78 is 0. The first-order valence-electron chi connectivity index (χ1n) is 6.74. The Morgan fingerprint density at radius 3 is 2.65 bits per heavy atom. The molecule has 1 aromatic rings. The number of anilines is 2. The third kappa shape index (κ3) is 4.06. The molecule has 0 radical (unpaired) electrons.